The molecule has 74 heavy (non-hydrogen) atoms. The van der Waals surface area contributed by atoms with Crippen molar-refractivity contribution in [1.29, 1.82) is 0 Å². The fraction of sp³-hybridized carbons (Fsp3) is 0.531. The standard InChI is InChI=1S/C49H70N4O18S2.Na/c1-48(2)32-24-30(46(64)50-26-36(56)42(60)44(62)38(58)28-54)16-18-34(32)52(20-10-12-22-72-71-70-66)40(48)14-8-6-5-7-9-15-41-49(3,4)33-25-31(17-19-35(33)53(41)21-11-13-23-73(67,68)69)47(65)51-27-37(57)43(61)45(63)39(59)29-55;/h5-9,14-19,24-25,36-39,42-45,54-63H,10-13,20-23,26-29H2,1-4H3,(H3-,50,51,64,65,66,67,68,69);/q;+1/p-1. The van der Waals surface area contributed by atoms with Crippen LogP contribution in [0.4, 0.5) is 11.4 Å². The molecule has 0 radical (unpaired) electrons. The maximum atomic E-state index is 13.3. The molecule has 0 spiro atoms. The number of aliphatic hydroxyl groups excluding tert-OH is 10. The summed E-state index contributed by atoms with van der Waals surface area (Å²) in [6.45, 7) is 6.18. The number of aliphatic hydroxyl groups is 10. The van der Waals surface area contributed by atoms with Crippen LogP contribution in [-0.2, 0) is 30.3 Å². The van der Waals surface area contributed by atoms with Gasteiger partial charge < -0.3 is 76.4 Å². The van der Waals surface area contributed by atoms with E-state index in [1.165, 1.54) is 0 Å². The molecule has 0 aromatic heterocycles. The number of rotatable bonds is 30. The van der Waals surface area contributed by atoms with Crippen LogP contribution in [0.15, 0.2) is 84.6 Å². The van der Waals surface area contributed by atoms with E-state index in [4.69, 9.17) is 10.2 Å². The molecule has 8 unspecified atom stereocenters. The Morgan fingerprint density at radius 3 is 1.81 bits per heavy atom. The number of amides is 2. The van der Waals surface area contributed by atoms with Crippen LogP contribution >= 0.6 is 12.0 Å². The van der Waals surface area contributed by atoms with E-state index in [0.717, 1.165) is 46.0 Å². The number of nitrogens with one attached hydrogen (secondary N) is 2. The Kier molecular flexibility index (Phi) is 26.2. The van der Waals surface area contributed by atoms with Crippen LogP contribution in [0.5, 0.6) is 0 Å². The molecule has 4 rings (SSSR count). The second-order valence-corrected chi connectivity index (χ2v) is 21.0. The first kappa shape index (κ1) is 64.8. The second kappa shape index (κ2) is 29.9. The van der Waals surface area contributed by atoms with Crippen molar-refractivity contribution in [2.75, 3.05) is 55.8 Å². The van der Waals surface area contributed by atoms with Crippen molar-refractivity contribution in [2.45, 2.75) is 113 Å². The number of allylic oxidation sites excluding steroid dienone is 8. The van der Waals surface area contributed by atoms with Crippen LogP contribution in [0.25, 0.3) is 0 Å². The zero-order valence-corrected chi connectivity index (χ0v) is 45.7. The summed E-state index contributed by atoms with van der Waals surface area (Å²) in [6.07, 6.45) is 0.695. The maximum absolute atomic E-state index is 13.3. The number of carbonyl (C=O) groups is 2. The smallest absolute Gasteiger partial charge is 0.748 e. The van der Waals surface area contributed by atoms with Crippen molar-refractivity contribution in [3.63, 3.8) is 0 Å². The molecule has 2 amide bonds. The number of unbranched alkanes of at least 4 members (excludes halogenated alkanes) is 2. The molecule has 0 saturated heterocycles. The van der Waals surface area contributed by atoms with E-state index < -0.39 is 114 Å². The minimum absolute atomic E-state index is 0. The topological polar surface area (TPSA) is 365 Å². The average molecular weight is 1090 g/mol. The Labute approximate surface area is 457 Å². The van der Waals surface area contributed by atoms with Gasteiger partial charge in [0.25, 0.3) is 11.8 Å². The molecule has 2 aromatic rings. The zero-order valence-electron chi connectivity index (χ0n) is 42.1. The van der Waals surface area contributed by atoms with Gasteiger partial charge in [0.15, 0.2) is 5.71 Å². The number of hydrogen-bond donors (Lipinski definition) is 12. The third kappa shape index (κ3) is 17.3. The Morgan fingerprint density at radius 1 is 0.730 bits per heavy atom. The molecule has 2 aliphatic rings. The van der Waals surface area contributed by atoms with E-state index in [1.807, 2.05) is 80.9 Å². The first-order valence-electron chi connectivity index (χ1n) is 23.6. The number of benzene rings is 2. The normalized spacial score (nSPS) is 19.0. The molecule has 25 heteroatoms. The molecule has 2 aliphatic heterocycles. The summed E-state index contributed by atoms with van der Waals surface area (Å²) in [6, 6.07) is 10.1. The minimum Gasteiger partial charge on any atom is -0.748 e. The van der Waals surface area contributed by atoms with Crippen molar-refractivity contribution in [2.24, 2.45) is 0 Å². The molecule has 8 atom stereocenters. The Balaban J connectivity index is 0.0000144. The molecule has 0 saturated carbocycles. The van der Waals surface area contributed by atoms with Crippen LogP contribution in [0.1, 0.15) is 85.2 Å². The summed E-state index contributed by atoms with van der Waals surface area (Å²) in [7, 11) is -4.43. The van der Waals surface area contributed by atoms with E-state index >= 15 is 0 Å². The summed E-state index contributed by atoms with van der Waals surface area (Å²) >= 11 is 0.892. The predicted octanol–water partition coefficient (Wildman–Crippen LogP) is -4.27. The zero-order chi connectivity index (χ0) is 54.3. The number of nitrogens with zero attached hydrogens (tertiary/aromatic N) is 2. The Hall–Kier alpha value is -3.45. The van der Waals surface area contributed by atoms with Crippen molar-refractivity contribution in [1.82, 2.24) is 10.6 Å². The monoisotopic (exact) mass is 1090 g/mol. The molecule has 0 aliphatic carbocycles. The molecule has 406 valence electrons. The van der Waals surface area contributed by atoms with Gasteiger partial charge in [-0.25, -0.2) is 8.42 Å². The van der Waals surface area contributed by atoms with Crippen molar-refractivity contribution in [3.05, 3.63) is 107 Å². The molecule has 2 heterocycles. The number of fused-ring (bicyclic) bond motifs is 2. The summed E-state index contributed by atoms with van der Waals surface area (Å²) in [4.78, 5) is 28.7. The van der Waals surface area contributed by atoms with Gasteiger partial charge in [0.1, 0.15) is 43.2 Å². The van der Waals surface area contributed by atoms with Gasteiger partial charge in [-0.15, -0.1) is 0 Å². The van der Waals surface area contributed by atoms with Gasteiger partial charge in [-0.1, -0.05) is 44.2 Å². The average Bonchev–Trinajstić information content (AvgIpc) is 3.71. The van der Waals surface area contributed by atoms with E-state index in [-0.39, 0.29) is 47.1 Å². The van der Waals surface area contributed by atoms with Crippen molar-refractivity contribution in [3.8, 4) is 0 Å². The largest absolute Gasteiger partial charge is 1.00 e. The van der Waals surface area contributed by atoms with Gasteiger partial charge in [-0.3, -0.25) is 14.6 Å². The van der Waals surface area contributed by atoms with Gasteiger partial charge in [0, 0.05) is 95.2 Å². The molecule has 2 aromatic carbocycles. The molecule has 22 nitrogen and oxygen atoms in total. The summed E-state index contributed by atoms with van der Waals surface area (Å²) in [5.74, 6) is -1.20. The molecule has 12 N–H and O–H groups in total. The van der Waals surface area contributed by atoms with Crippen LogP contribution in [-0.4, -0.2) is 186 Å². The fourth-order valence-electron chi connectivity index (χ4n) is 8.60. The van der Waals surface area contributed by atoms with Crippen molar-refractivity contribution >= 4 is 51.1 Å². The Morgan fingerprint density at radius 2 is 1.26 bits per heavy atom. The van der Waals surface area contributed by atoms with E-state index in [0.29, 0.717) is 38.1 Å². The quantitative estimate of drug-likeness (QED) is 0.00515. The van der Waals surface area contributed by atoms with Gasteiger partial charge >= 0.3 is 29.6 Å². The second-order valence-electron chi connectivity index (χ2n) is 18.7. The molecular weight excluding hydrogens is 1020 g/mol. The van der Waals surface area contributed by atoms with E-state index in [2.05, 4.69) is 24.9 Å². The van der Waals surface area contributed by atoms with Crippen LogP contribution in [0, 0.1) is 0 Å². The molecular formula is C49H69N4NaO18S2. The van der Waals surface area contributed by atoms with Gasteiger partial charge in [0.2, 0.25) is 5.69 Å². The third-order valence-corrected chi connectivity index (χ3v) is 14.2. The third-order valence-electron chi connectivity index (χ3n) is 12.8. The summed E-state index contributed by atoms with van der Waals surface area (Å²) in [5, 5.41) is 117. The summed E-state index contributed by atoms with van der Waals surface area (Å²) < 4.78 is 40.5. The van der Waals surface area contributed by atoms with Gasteiger partial charge in [-0.2, -0.15) is 8.91 Å². The Bertz CT molecular complexity index is 2450. The number of hydrogen-bond acceptors (Lipinski definition) is 20. The number of anilines is 1. The van der Waals surface area contributed by atoms with E-state index in [9.17, 15) is 68.7 Å². The van der Waals surface area contributed by atoms with Gasteiger partial charge in [0.05, 0.1) is 41.0 Å². The first-order valence-corrected chi connectivity index (χ1v) is 26.1. The summed E-state index contributed by atoms with van der Waals surface area (Å²) in [5.41, 5.74) is 4.02. The minimum atomic E-state index is -4.43. The van der Waals surface area contributed by atoms with Crippen LogP contribution in [0.3, 0.4) is 0 Å². The number of carbonyl (C=O) groups excluding carboxylic acids is 2. The maximum Gasteiger partial charge on any atom is 1.00 e. The fourth-order valence-corrected chi connectivity index (χ4v) is 9.59. The van der Waals surface area contributed by atoms with E-state index in [1.54, 1.807) is 30.3 Å². The molecule has 0 fully saturated rings. The molecule has 0 bridgehead atoms. The predicted molar refractivity (Wildman–Crippen MR) is 266 cm³/mol. The SMILES string of the molecule is CC1(C)C(/C=C/C=C/C=C/C=C2/N(CCCCSOO[O-])c3ccc(C(=O)NCC(O)C(O)C(O)C(O)CO)cc3C2(C)C)=[N+](CCCCS(=O)(=O)[O-])c2ccc(C(=O)NCC(O)C(O)C(O)C(O)CO)cc21.[Na+]. The van der Waals surface area contributed by atoms with Crippen molar-refractivity contribution < 1.29 is 122 Å². The first-order chi connectivity index (χ1) is 34.4. The van der Waals surface area contributed by atoms with Gasteiger partial charge in [-0.05, 0) is 75.1 Å². The van der Waals surface area contributed by atoms with Crippen LogP contribution < -0.4 is 50.3 Å². The van der Waals surface area contributed by atoms with Crippen LogP contribution in [0.2, 0.25) is 0 Å².